The monoisotopic (exact) mass is 573 g/mol. The number of ether oxygens (including phenoxy) is 2. The van der Waals surface area contributed by atoms with Crippen LogP contribution in [-0.4, -0.2) is 17.9 Å². The van der Waals surface area contributed by atoms with Crippen molar-refractivity contribution in [2.45, 2.75) is 6.61 Å². The number of carbonyl (C=O) groups excluding carboxylic acids is 1. The second-order valence-corrected chi connectivity index (χ2v) is 8.01. The average molecular weight is 573 g/mol. The van der Waals surface area contributed by atoms with E-state index in [-0.39, 0.29) is 29.4 Å². The number of nitro benzene ring substituents is 1. The molecule has 0 aliphatic heterocycles. The van der Waals surface area contributed by atoms with Crippen molar-refractivity contribution in [1.29, 1.82) is 5.26 Å². The first kappa shape index (κ1) is 24.7. The lowest BCUT2D eigenvalue weighted by molar-refractivity contribution is -0.383. The normalized spacial score (nSPS) is 10.8. The van der Waals surface area contributed by atoms with Crippen LogP contribution < -0.4 is 14.8 Å². The number of benzene rings is 3. The molecule has 0 aliphatic carbocycles. The molecule has 3 rings (SSSR count). The van der Waals surface area contributed by atoms with E-state index in [2.05, 4.69) is 5.32 Å². The van der Waals surface area contributed by atoms with Gasteiger partial charge in [0.15, 0.2) is 11.5 Å². The highest BCUT2D eigenvalue weighted by Crippen LogP contribution is 2.35. The Morgan fingerprint density at radius 2 is 1.94 bits per heavy atom. The van der Waals surface area contributed by atoms with Crippen molar-refractivity contribution in [2.24, 2.45) is 0 Å². The van der Waals surface area contributed by atoms with Gasteiger partial charge in [0.05, 0.1) is 15.6 Å². The number of hydrogen-bond acceptors (Lipinski definition) is 6. The molecule has 0 aromatic heterocycles. The maximum atomic E-state index is 13.1. The van der Waals surface area contributed by atoms with Crippen molar-refractivity contribution >= 4 is 45.9 Å². The van der Waals surface area contributed by atoms with Crippen molar-refractivity contribution in [1.82, 2.24) is 0 Å². The molecular weight excluding hydrogens is 556 g/mol. The molecule has 3 aromatic carbocycles. The minimum atomic E-state index is -0.789. The molecule has 0 atom stereocenters. The number of anilines is 1. The fourth-order valence-electron chi connectivity index (χ4n) is 2.94. The Bertz CT molecular complexity index is 1300. The Balaban J connectivity index is 1.84. The van der Waals surface area contributed by atoms with Crippen molar-refractivity contribution in [3.8, 4) is 17.6 Å². The number of para-hydroxylation sites is 2. The van der Waals surface area contributed by atoms with Gasteiger partial charge in [-0.3, -0.25) is 14.9 Å². The van der Waals surface area contributed by atoms with E-state index < -0.39 is 10.8 Å². The quantitative estimate of drug-likeness (QED) is 0.126. The highest BCUT2D eigenvalue weighted by molar-refractivity contribution is 14.1. The fourth-order valence-corrected chi connectivity index (χ4v) is 3.72. The summed E-state index contributed by atoms with van der Waals surface area (Å²) in [6.45, 7) is 0.184. The van der Waals surface area contributed by atoms with Crippen LogP contribution in [0.3, 0.4) is 0 Å². The first-order valence-electron chi connectivity index (χ1n) is 9.73. The minimum absolute atomic E-state index is 0.0182. The number of amides is 1. The van der Waals surface area contributed by atoms with Crippen molar-refractivity contribution in [3.63, 3.8) is 0 Å². The molecule has 0 heterocycles. The standard InChI is InChI=1S/C24H17FIN3O5/c1-33-22-12-16(11-19(26)23(22)34-14-15-6-8-18(25)9-7-15)10-17(13-27)24(30)28-20-4-2-3-5-21(20)29(31)32/h2-12H,14H2,1H3,(H,28,30)/b17-10-. The van der Waals surface area contributed by atoms with Crippen LogP contribution in [0.1, 0.15) is 11.1 Å². The highest BCUT2D eigenvalue weighted by Gasteiger charge is 2.18. The molecule has 0 bridgehead atoms. The first-order chi connectivity index (χ1) is 16.3. The largest absolute Gasteiger partial charge is 0.493 e. The van der Waals surface area contributed by atoms with Gasteiger partial charge in [-0.25, -0.2) is 4.39 Å². The Morgan fingerprint density at radius 1 is 1.24 bits per heavy atom. The SMILES string of the molecule is COc1cc(/C=C(/C#N)C(=O)Nc2ccccc2[N+](=O)[O-])cc(I)c1OCc1ccc(F)cc1. The second kappa shape index (κ2) is 11.2. The van der Waals surface area contributed by atoms with Gasteiger partial charge in [-0.2, -0.15) is 5.26 Å². The van der Waals surface area contributed by atoms with Gasteiger partial charge < -0.3 is 14.8 Å². The van der Waals surface area contributed by atoms with Crippen LogP contribution in [0.5, 0.6) is 11.5 Å². The summed E-state index contributed by atoms with van der Waals surface area (Å²) in [6, 6.07) is 16.7. The maximum Gasteiger partial charge on any atom is 0.292 e. The zero-order valence-electron chi connectivity index (χ0n) is 17.7. The molecule has 10 heteroatoms. The molecule has 172 valence electrons. The summed E-state index contributed by atoms with van der Waals surface area (Å²) in [5.74, 6) is -0.308. The van der Waals surface area contributed by atoms with Gasteiger partial charge >= 0.3 is 0 Å². The van der Waals surface area contributed by atoms with Crippen LogP contribution in [0, 0.1) is 30.8 Å². The van der Waals surface area contributed by atoms with Crippen molar-refractivity contribution < 1.29 is 23.6 Å². The van der Waals surface area contributed by atoms with Gasteiger partial charge in [-0.1, -0.05) is 24.3 Å². The zero-order valence-corrected chi connectivity index (χ0v) is 19.9. The number of nitrogens with one attached hydrogen (secondary N) is 1. The lowest BCUT2D eigenvalue weighted by Gasteiger charge is -2.14. The second-order valence-electron chi connectivity index (χ2n) is 6.85. The van der Waals surface area contributed by atoms with Crippen molar-refractivity contribution in [2.75, 3.05) is 12.4 Å². The molecule has 0 radical (unpaired) electrons. The number of nitriles is 1. The van der Waals surface area contributed by atoms with E-state index in [1.54, 1.807) is 24.3 Å². The van der Waals surface area contributed by atoms with Gasteiger partial charge in [-0.05, 0) is 70.1 Å². The predicted molar refractivity (Wildman–Crippen MR) is 132 cm³/mol. The number of rotatable bonds is 8. The summed E-state index contributed by atoms with van der Waals surface area (Å²) in [5, 5.41) is 23.1. The number of carbonyl (C=O) groups is 1. The summed E-state index contributed by atoms with van der Waals surface area (Å²) in [7, 11) is 1.45. The molecule has 0 saturated heterocycles. The van der Waals surface area contributed by atoms with E-state index in [1.165, 1.54) is 49.6 Å². The van der Waals surface area contributed by atoms with Gasteiger partial charge in [0.25, 0.3) is 11.6 Å². The van der Waals surface area contributed by atoms with E-state index in [0.717, 1.165) is 5.56 Å². The molecule has 0 fully saturated rings. The lowest BCUT2D eigenvalue weighted by atomic mass is 10.1. The van der Waals surface area contributed by atoms with Crippen LogP contribution in [0.4, 0.5) is 15.8 Å². The summed E-state index contributed by atoms with van der Waals surface area (Å²) in [6.07, 6.45) is 1.35. The van der Waals surface area contributed by atoms with E-state index >= 15 is 0 Å². The van der Waals surface area contributed by atoms with Gasteiger partial charge in [0.2, 0.25) is 0 Å². The predicted octanol–water partition coefficient (Wildman–Crippen LogP) is 5.47. The third-order valence-electron chi connectivity index (χ3n) is 4.57. The molecule has 8 nitrogen and oxygen atoms in total. The number of methoxy groups -OCH3 is 1. The average Bonchev–Trinajstić information content (AvgIpc) is 2.82. The van der Waals surface area contributed by atoms with Crippen LogP contribution in [-0.2, 0) is 11.4 Å². The van der Waals surface area contributed by atoms with E-state index in [9.17, 15) is 24.6 Å². The molecule has 0 aliphatic rings. The van der Waals surface area contributed by atoms with Crippen molar-refractivity contribution in [3.05, 3.63) is 96.9 Å². The Labute approximate surface area is 207 Å². The summed E-state index contributed by atoms with van der Waals surface area (Å²) in [4.78, 5) is 23.1. The summed E-state index contributed by atoms with van der Waals surface area (Å²) < 4.78 is 25.0. The van der Waals surface area contributed by atoms with E-state index in [4.69, 9.17) is 9.47 Å². The van der Waals surface area contributed by atoms with Crippen LogP contribution in [0.25, 0.3) is 6.08 Å². The van der Waals surface area contributed by atoms with Crippen LogP contribution >= 0.6 is 22.6 Å². The van der Waals surface area contributed by atoms with E-state index in [1.807, 2.05) is 28.7 Å². The number of halogens is 2. The van der Waals surface area contributed by atoms with Crippen LogP contribution in [0.2, 0.25) is 0 Å². The van der Waals surface area contributed by atoms with Gasteiger partial charge in [0.1, 0.15) is 29.8 Å². The third kappa shape index (κ3) is 6.08. The number of hydrogen-bond donors (Lipinski definition) is 1. The topological polar surface area (TPSA) is 114 Å². The van der Waals surface area contributed by atoms with Gasteiger partial charge in [0, 0.05) is 6.07 Å². The molecule has 1 N–H and O–H groups in total. The molecule has 0 unspecified atom stereocenters. The van der Waals surface area contributed by atoms with Gasteiger partial charge in [-0.15, -0.1) is 0 Å². The molecule has 1 amide bonds. The summed E-state index contributed by atoms with van der Waals surface area (Å²) in [5.41, 5.74) is 0.699. The molecule has 3 aromatic rings. The molecule has 0 saturated carbocycles. The smallest absolute Gasteiger partial charge is 0.292 e. The first-order valence-corrected chi connectivity index (χ1v) is 10.8. The number of nitro groups is 1. The fraction of sp³-hybridized carbons (Fsp3) is 0.0833. The number of nitrogens with zero attached hydrogens (tertiary/aromatic N) is 2. The lowest BCUT2D eigenvalue weighted by Crippen LogP contribution is -2.14. The molecule has 34 heavy (non-hydrogen) atoms. The third-order valence-corrected chi connectivity index (χ3v) is 5.37. The molecular formula is C24H17FIN3O5. The minimum Gasteiger partial charge on any atom is -0.493 e. The Morgan fingerprint density at radius 3 is 2.59 bits per heavy atom. The Hall–Kier alpha value is -3.98. The molecule has 0 spiro atoms. The summed E-state index contributed by atoms with van der Waals surface area (Å²) >= 11 is 2.04. The maximum absolute atomic E-state index is 13.1. The highest BCUT2D eigenvalue weighted by atomic mass is 127. The Kier molecular flexibility index (Phi) is 8.15. The van der Waals surface area contributed by atoms with E-state index in [0.29, 0.717) is 20.6 Å². The van der Waals surface area contributed by atoms with Crippen LogP contribution in [0.15, 0.2) is 66.2 Å². The zero-order chi connectivity index (χ0) is 24.7.